The Kier molecular flexibility index (Phi) is 6.62. The van der Waals surface area contributed by atoms with Gasteiger partial charge in [0.2, 0.25) is 5.91 Å². The van der Waals surface area contributed by atoms with E-state index in [4.69, 9.17) is 11.6 Å². The van der Waals surface area contributed by atoms with Crippen molar-refractivity contribution in [3.63, 3.8) is 0 Å². The second-order valence-corrected chi connectivity index (χ2v) is 8.60. The van der Waals surface area contributed by atoms with Crippen molar-refractivity contribution >= 4 is 35.2 Å². The summed E-state index contributed by atoms with van der Waals surface area (Å²) in [6.45, 7) is 4.56. The lowest BCUT2D eigenvalue weighted by Crippen LogP contribution is -2.48. The molecule has 2 unspecified atom stereocenters. The minimum Gasteiger partial charge on any atom is -0.354 e. The first-order valence-corrected chi connectivity index (χ1v) is 10.5. The molecule has 1 saturated heterocycles. The molecule has 1 heterocycles. The normalized spacial score (nSPS) is 19.1. The summed E-state index contributed by atoms with van der Waals surface area (Å²) < 4.78 is 13.4. The highest BCUT2D eigenvalue weighted by atomic mass is 35.5. The minimum atomic E-state index is -0.623. The van der Waals surface area contributed by atoms with E-state index in [2.05, 4.69) is 5.32 Å². The lowest BCUT2D eigenvalue weighted by atomic mass is 10.1. The molecule has 1 aliphatic rings. The average Bonchev–Trinajstić information content (AvgIpc) is 3.11. The monoisotopic (exact) mass is 420 g/mol. The third kappa shape index (κ3) is 4.50. The van der Waals surface area contributed by atoms with E-state index in [0.29, 0.717) is 28.8 Å². The maximum atomic E-state index is 13.4. The molecule has 3 rings (SSSR count). The van der Waals surface area contributed by atoms with Crippen LogP contribution in [0.2, 0.25) is 5.02 Å². The summed E-state index contributed by atoms with van der Waals surface area (Å²) in [7, 11) is 0. The summed E-state index contributed by atoms with van der Waals surface area (Å²) in [5, 5.41) is 2.86. The van der Waals surface area contributed by atoms with Gasteiger partial charge >= 0.3 is 0 Å². The van der Waals surface area contributed by atoms with Gasteiger partial charge in [-0.3, -0.25) is 9.59 Å². The summed E-state index contributed by atoms with van der Waals surface area (Å²) >= 11 is 7.73. The molecule has 2 aromatic rings. The van der Waals surface area contributed by atoms with Crippen LogP contribution in [0.4, 0.5) is 4.39 Å². The average molecular weight is 421 g/mol. The van der Waals surface area contributed by atoms with Crippen molar-refractivity contribution in [3.8, 4) is 0 Å². The van der Waals surface area contributed by atoms with Crippen LogP contribution in [0.15, 0.2) is 48.5 Å². The molecule has 1 fully saturated rings. The van der Waals surface area contributed by atoms with Crippen molar-refractivity contribution < 1.29 is 14.0 Å². The number of nitrogens with one attached hydrogen (secondary N) is 1. The van der Waals surface area contributed by atoms with Crippen molar-refractivity contribution in [2.75, 3.05) is 12.3 Å². The Bertz CT molecular complexity index is 860. The van der Waals surface area contributed by atoms with Crippen LogP contribution in [0.25, 0.3) is 0 Å². The highest BCUT2D eigenvalue weighted by molar-refractivity contribution is 7.99. The van der Waals surface area contributed by atoms with Gasteiger partial charge in [0, 0.05) is 12.3 Å². The Morgan fingerprint density at radius 3 is 2.54 bits per heavy atom. The zero-order valence-electron chi connectivity index (χ0n) is 15.7. The van der Waals surface area contributed by atoms with Crippen molar-refractivity contribution in [2.24, 2.45) is 5.92 Å². The number of rotatable bonds is 5. The van der Waals surface area contributed by atoms with Crippen LogP contribution in [-0.4, -0.2) is 35.1 Å². The zero-order chi connectivity index (χ0) is 20.3. The number of halogens is 2. The van der Waals surface area contributed by atoms with Gasteiger partial charge in [-0.15, -0.1) is 11.8 Å². The first-order valence-electron chi connectivity index (χ1n) is 9.10. The Morgan fingerprint density at radius 2 is 1.89 bits per heavy atom. The van der Waals surface area contributed by atoms with E-state index in [1.54, 1.807) is 41.3 Å². The van der Waals surface area contributed by atoms with E-state index < -0.39 is 6.04 Å². The number of nitrogens with zero attached hydrogens (tertiary/aromatic N) is 1. The molecule has 1 aliphatic heterocycles. The topological polar surface area (TPSA) is 49.4 Å². The van der Waals surface area contributed by atoms with Crippen LogP contribution in [-0.2, 0) is 4.79 Å². The predicted octanol–water partition coefficient (Wildman–Crippen LogP) is 4.51. The number of hydrogen-bond acceptors (Lipinski definition) is 3. The van der Waals surface area contributed by atoms with Crippen LogP contribution >= 0.6 is 23.4 Å². The first kappa shape index (κ1) is 20.7. The molecular formula is C21H22ClFN2O2S. The second-order valence-electron chi connectivity index (χ2n) is 7.08. The molecule has 28 heavy (non-hydrogen) atoms. The fraction of sp³-hybridized carbons (Fsp3) is 0.333. The summed E-state index contributed by atoms with van der Waals surface area (Å²) in [6.07, 6.45) is 0. The summed E-state index contributed by atoms with van der Waals surface area (Å²) in [5.74, 6) is -0.0799. The maximum Gasteiger partial charge on any atom is 0.257 e. The lowest BCUT2D eigenvalue weighted by Gasteiger charge is -2.29. The van der Waals surface area contributed by atoms with Crippen molar-refractivity contribution in [2.45, 2.75) is 25.3 Å². The van der Waals surface area contributed by atoms with Crippen molar-refractivity contribution in [3.05, 3.63) is 70.5 Å². The maximum absolute atomic E-state index is 13.4. The van der Waals surface area contributed by atoms with Gasteiger partial charge in [0.1, 0.15) is 17.2 Å². The number of benzene rings is 2. The molecule has 0 aliphatic carbocycles. The molecule has 7 heteroatoms. The number of hydrogen-bond donors (Lipinski definition) is 1. The molecule has 0 bridgehead atoms. The molecule has 0 spiro atoms. The minimum absolute atomic E-state index is 0.189. The molecule has 2 aromatic carbocycles. The second kappa shape index (κ2) is 8.97. The molecule has 0 aromatic heterocycles. The van der Waals surface area contributed by atoms with Gasteiger partial charge < -0.3 is 10.2 Å². The van der Waals surface area contributed by atoms with Gasteiger partial charge in [-0.1, -0.05) is 49.7 Å². The Labute approximate surface area is 173 Å². The summed E-state index contributed by atoms with van der Waals surface area (Å²) in [6, 6.07) is 12.2. The van der Waals surface area contributed by atoms with E-state index in [1.165, 1.54) is 23.9 Å². The van der Waals surface area contributed by atoms with Gasteiger partial charge in [-0.2, -0.15) is 0 Å². The number of amides is 2. The van der Waals surface area contributed by atoms with Gasteiger partial charge in [0.15, 0.2) is 0 Å². The molecule has 2 amide bonds. The quantitative estimate of drug-likeness (QED) is 0.774. The lowest BCUT2D eigenvalue weighted by molar-refractivity contribution is -0.125. The van der Waals surface area contributed by atoms with Crippen LogP contribution in [0.5, 0.6) is 0 Å². The molecule has 4 nitrogen and oxygen atoms in total. The first-order chi connectivity index (χ1) is 13.4. The van der Waals surface area contributed by atoms with Crippen LogP contribution in [0.1, 0.15) is 35.1 Å². The third-order valence-corrected chi connectivity index (χ3v) is 6.13. The number of carbonyl (C=O) groups excluding carboxylic acids is 2. The smallest absolute Gasteiger partial charge is 0.257 e. The van der Waals surface area contributed by atoms with Crippen molar-refractivity contribution in [1.82, 2.24) is 10.2 Å². The van der Waals surface area contributed by atoms with E-state index >= 15 is 0 Å². The van der Waals surface area contributed by atoms with Gasteiger partial charge in [0.05, 0.1) is 10.6 Å². The number of thioether (sulfide) groups is 1. The highest BCUT2D eigenvalue weighted by Crippen LogP contribution is 2.42. The van der Waals surface area contributed by atoms with Crippen molar-refractivity contribution in [1.29, 1.82) is 0 Å². The summed E-state index contributed by atoms with van der Waals surface area (Å²) in [5.41, 5.74) is 1.12. The number of carbonyl (C=O) groups is 2. The van der Waals surface area contributed by atoms with Crippen LogP contribution < -0.4 is 5.32 Å². The van der Waals surface area contributed by atoms with Gasteiger partial charge in [-0.05, 0) is 35.7 Å². The Hall–Kier alpha value is -2.05. The van der Waals surface area contributed by atoms with E-state index in [1.807, 2.05) is 13.8 Å². The SMILES string of the molecule is CC(C)CNC(=O)C1CSC(c2ccc(F)cc2)N1C(=O)c1ccccc1Cl. The molecular weight excluding hydrogens is 399 g/mol. The predicted molar refractivity (Wildman–Crippen MR) is 111 cm³/mol. The molecule has 2 atom stereocenters. The van der Waals surface area contributed by atoms with Gasteiger partial charge in [0.25, 0.3) is 5.91 Å². The molecule has 0 saturated carbocycles. The van der Waals surface area contributed by atoms with E-state index in [-0.39, 0.29) is 23.0 Å². The van der Waals surface area contributed by atoms with E-state index in [9.17, 15) is 14.0 Å². The largest absolute Gasteiger partial charge is 0.354 e. The van der Waals surface area contributed by atoms with Gasteiger partial charge in [-0.25, -0.2) is 4.39 Å². The molecule has 1 N–H and O–H groups in total. The standard InChI is InChI=1S/C21H22ClFN2O2S/c1-13(2)11-24-19(26)18-12-28-21(14-7-9-15(23)10-8-14)25(18)20(27)16-5-3-4-6-17(16)22/h3-10,13,18,21H,11-12H2,1-2H3,(H,24,26). The highest BCUT2D eigenvalue weighted by Gasteiger charge is 2.42. The Morgan fingerprint density at radius 1 is 1.21 bits per heavy atom. The van der Waals surface area contributed by atoms with E-state index in [0.717, 1.165) is 5.56 Å². The fourth-order valence-electron chi connectivity index (χ4n) is 3.04. The molecule has 148 valence electrons. The fourth-order valence-corrected chi connectivity index (χ4v) is 4.68. The van der Waals surface area contributed by atoms with Crippen LogP contribution in [0.3, 0.4) is 0 Å². The zero-order valence-corrected chi connectivity index (χ0v) is 17.3. The molecule has 0 radical (unpaired) electrons. The van der Waals surface area contributed by atoms with Crippen LogP contribution in [0, 0.1) is 11.7 Å². The Balaban J connectivity index is 1.94. The third-order valence-electron chi connectivity index (χ3n) is 4.48. The summed E-state index contributed by atoms with van der Waals surface area (Å²) in [4.78, 5) is 27.7.